The summed E-state index contributed by atoms with van der Waals surface area (Å²) in [7, 11) is 0. The first kappa shape index (κ1) is 21.0. The van der Waals surface area contributed by atoms with Gasteiger partial charge < -0.3 is 14.9 Å². The van der Waals surface area contributed by atoms with Gasteiger partial charge in [0.15, 0.2) is 5.57 Å². The van der Waals surface area contributed by atoms with Gasteiger partial charge in [-0.05, 0) is 38.1 Å². The summed E-state index contributed by atoms with van der Waals surface area (Å²) in [5, 5.41) is 0. The molecule has 0 radical (unpaired) electrons. The van der Waals surface area contributed by atoms with Crippen LogP contribution in [0.1, 0.15) is 29.8 Å². The molecule has 1 amide bonds. The lowest BCUT2D eigenvalue weighted by molar-refractivity contribution is -0.146. The van der Waals surface area contributed by atoms with E-state index in [-0.39, 0.29) is 18.8 Å². The first-order chi connectivity index (χ1) is 12.2. The van der Waals surface area contributed by atoms with Gasteiger partial charge in [-0.25, -0.2) is 9.59 Å². The summed E-state index contributed by atoms with van der Waals surface area (Å²) in [6.07, 6.45) is -3.64. The van der Waals surface area contributed by atoms with Gasteiger partial charge in [0.2, 0.25) is 0 Å². The molecule has 1 aromatic carbocycles. The maximum absolute atomic E-state index is 12.5. The van der Waals surface area contributed by atoms with Crippen LogP contribution in [0.5, 0.6) is 0 Å². The number of benzene rings is 1. The highest BCUT2D eigenvalue weighted by Crippen LogP contribution is 2.28. The van der Waals surface area contributed by atoms with Gasteiger partial charge in [0.1, 0.15) is 0 Å². The summed E-state index contributed by atoms with van der Waals surface area (Å²) >= 11 is 0. The average Bonchev–Trinajstić information content (AvgIpc) is 2.58. The number of carbonyl (C=O) groups excluding carboxylic acids is 3. The number of hydrazine groups is 1. The third-order valence-corrected chi connectivity index (χ3v) is 2.87. The largest absolute Gasteiger partial charge is 0.462 e. The number of carbonyl (C=O) groups is 3. The van der Waals surface area contributed by atoms with Crippen molar-refractivity contribution in [1.29, 1.82) is 0 Å². The summed E-state index contributed by atoms with van der Waals surface area (Å²) in [6.45, 7) is 3.13. The summed E-state index contributed by atoms with van der Waals surface area (Å²) < 4.78 is 46.8. The van der Waals surface area contributed by atoms with Crippen molar-refractivity contribution in [3.05, 3.63) is 47.2 Å². The van der Waals surface area contributed by atoms with Crippen molar-refractivity contribution < 1.29 is 37.0 Å². The van der Waals surface area contributed by atoms with E-state index >= 15 is 0 Å². The van der Waals surface area contributed by atoms with E-state index in [0.29, 0.717) is 0 Å². The van der Waals surface area contributed by atoms with Crippen LogP contribution in [0, 0.1) is 0 Å². The van der Waals surface area contributed by atoms with Crippen LogP contribution < -0.4 is 10.9 Å². The Morgan fingerprint density at radius 2 is 1.50 bits per heavy atom. The van der Waals surface area contributed by atoms with Gasteiger partial charge in [0.25, 0.3) is 5.91 Å². The van der Waals surface area contributed by atoms with Crippen LogP contribution in [0.15, 0.2) is 36.0 Å². The number of hydrogen-bond acceptors (Lipinski definition) is 6. The van der Waals surface area contributed by atoms with Crippen LogP contribution in [0.2, 0.25) is 0 Å². The van der Waals surface area contributed by atoms with Crippen LogP contribution in [0.25, 0.3) is 0 Å². The van der Waals surface area contributed by atoms with E-state index in [0.717, 1.165) is 30.5 Å². The number of nitrogens with one attached hydrogen (secondary N) is 2. The fraction of sp³-hybridized carbons (Fsp3) is 0.312. The Morgan fingerprint density at radius 1 is 1.00 bits per heavy atom. The van der Waals surface area contributed by atoms with Gasteiger partial charge in [-0.1, -0.05) is 0 Å². The summed E-state index contributed by atoms with van der Waals surface area (Å²) in [4.78, 5) is 35.2. The lowest BCUT2D eigenvalue weighted by atomic mass is 10.1. The molecule has 0 aliphatic heterocycles. The molecule has 0 heterocycles. The number of esters is 2. The Balaban J connectivity index is 2.78. The number of amides is 1. The zero-order chi connectivity index (χ0) is 19.7. The van der Waals surface area contributed by atoms with E-state index in [1.165, 1.54) is 0 Å². The first-order valence-electron chi connectivity index (χ1n) is 7.48. The van der Waals surface area contributed by atoms with Crippen LogP contribution in [0.3, 0.4) is 0 Å². The molecular formula is C16H17F3N2O5. The smallest absolute Gasteiger partial charge is 0.416 e. The number of alkyl halides is 3. The minimum Gasteiger partial charge on any atom is -0.462 e. The van der Waals surface area contributed by atoms with Gasteiger partial charge in [-0.3, -0.25) is 10.2 Å². The van der Waals surface area contributed by atoms with Crippen molar-refractivity contribution in [3.63, 3.8) is 0 Å². The van der Waals surface area contributed by atoms with E-state index in [2.05, 4.69) is 10.9 Å². The highest BCUT2D eigenvalue weighted by Gasteiger charge is 2.30. The highest BCUT2D eigenvalue weighted by molar-refractivity contribution is 6.14. The standard InChI is InChI=1S/C16H17F3N2O5/c1-3-25-14(23)12(15(24)26-4-2)9-20-21-13(22)10-5-7-11(8-6-10)16(17,18)19/h5-9,20H,3-4H2,1-2H3,(H,21,22). The predicted octanol–water partition coefficient (Wildman–Crippen LogP) is 1.95. The second-order valence-electron chi connectivity index (χ2n) is 4.67. The fourth-order valence-corrected chi connectivity index (χ4v) is 1.68. The lowest BCUT2D eigenvalue weighted by Crippen LogP contribution is -2.35. The molecule has 0 atom stereocenters. The molecule has 1 aromatic rings. The Morgan fingerprint density at radius 3 is 1.92 bits per heavy atom. The van der Waals surface area contributed by atoms with E-state index < -0.39 is 35.2 Å². The second kappa shape index (κ2) is 9.44. The van der Waals surface area contributed by atoms with Crippen LogP contribution in [-0.2, 0) is 25.2 Å². The van der Waals surface area contributed by atoms with Gasteiger partial charge in [-0.15, -0.1) is 0 Å². The molecule has 0 spiro atoms. The minimum absolute atomic E-state index is 0.0213. The molecule has 0 aromatic heterocycles. The predicted molar refractivity (Wildman–Crippen MR) is 83.4 cm³/mol. The Kier molecular flexibility index (Phi) is 7.63. The van der Waals surface area contributed by atoms with Crippen molar-refractivity contribution in [2.45, 2.75) is 20.0 Å². The molecule has 0 bridgehead atoms. The van der Waals surface area contributed by atoms with E-state index in [9.17, 15) is 27.6 Å². The molecule has 0 unspecified atom stereocenters. The zero-order valence-electron chi connectivity index (χ0n) is 14.0. The highest BCUT2D eigenvalue weighted by atomic mass is 19.4. The molecule has 142 valence electrons. The van der Waals surface area contributed by atoms with E-state index in [1.807, 2.05) is 0 Å². The third kappa shape index (κ3) is 6.11. The number of rotatable bonds is 7. The van der Waals surface area contributed by atoms with Crippen molar-refractivity contribution in [2.75, 3.05) is 13.2 Å². The number of ether oxygens (including phenoxy) is 2. The van der Waals surface area contributed by atoms with E-state index in [4.69, 9.17) is 9.47 Å². The Labute approximate surface area is 147 Å². The first-order valence-corrected chi connectivity index (χ1v) is 7.48. The molecule has 0 saturated heterocycles. The van der Waals surface area contributed by atoms with Crippen LogP contribution in [-0.4, -0.2) is 31.1 Å². The molecule has 1 rings (SSSR count). The van der Waals surface area contributed by atoms with Crippen molar-refractivity contribution in [2.24, 2.45) is 0 Å². The molecular weight excluding hydrogens is 357 g/mol. The molecule has 10 heteroatoms. The second-order valence-corrected chi connectivity index (χ2v) is 4.67. The molecule has 0 saturated carbocycles. The van der Waals surface area contributed by atoms with Crippen molar-refractivity contribution in [1.82, 2.24) is 10.9 Å². The molecule has 7 nitrogen and oxygen atoms in total. The Bertz CT molecular complexity index is 664. The maximum Gasteiger partial charge on any atom is 0.416 e. The van der Waals surface area contributed by atoms with Crippen LogP contribution >= 0.6 is 0 Å². The number of hydrogen-bond donors (Lipinski definition) is 2. The quantitative estimate of drug-likeness (QED) is 0.249. The molecule has 0 aliphatic carbocycles. The fourth-order valence-electron chi connectivity index (χ4n) is 1.68. The van der Waals surface area contributed by atoms with Crippen LogP contribution in [0.4, 0.5) is 13.2 Å². The van der Waals surface area contributed by atoms with Gasteiger partial charge in [-0.2, -0.15) is 13.2 Å². The molecule has 0 aliphatic rings. The summed E-state index contributed by atoms with van der Waals surface area (Å²) in [5.41, 5.74) is 2.90. The summed E-state index contributed by atoms with van der Waals surface area (Å²) in [5.74, 6) is -2.69. The Hall–Kier alpha value is -3.04. The zero-order valence-corrected chi connectivity index (χ0v) is 14.0. The average molecular weight is 374 g/mol. The molecule has 2 N–H and O–H groups in total. The van der Waals surface area contributed by atoms with Gasteiger partial charge >= 0.3 is 18.1 Å². The maximum atomic E-state index is 12.5. The minimum atomic E-state index is -4.51. The van der Waals surface area contributed by atoms with Crippen molar-refractivity contribution in [3.8, 4) is 0 Å². The topological polar surface area (TPSA) is 93.7 Å². The van der Waals surface area contributed by atoms with Crippen molar-refractivity contribution >= 4 is 17.8 Å². The number of halogens is 3. The van der Waals surface area contributed by atoms with Gasteiger partial charge in [0, 0.05) is 11.8 Å². The SMILES string of the molecule is CCOC(=O)C(=CNNC(=O)c1ccc(C(F)(F)F)cc1)C(=O)OCC. The summed E-state index contributed by atoms with van der Waals surface area (Å²) in [6, 6.07) is 3.49. The lowest BCUT2D eigenvalue weighted by Gasteiger charge is -2.09. The third-order valence-electron chi connectivity index (χ3n) is 2.87. The normalized spacial score (nSPS) is 10.5. The monoisotopic (exact) mass is 374 g/mol. The molecule has 26 heavy (non-hydrogen) atoms. The molecule has 0 fully saturated rings. The van der Waals surface area contributed by atoms with Gasteiger partial charge in [0.05, 0.1) is 18.8 Å². The van der Waals surface area contributed by atoms with E-state index in [1.54, 1.807) is 13.8 Å².